The van der Waals surface area contributed by atoms with Crippen LogP contribution >= 0.6 is 0 Å². The Kier molecular flexibility index (Phi) is 4.58. The molecule has 7 heteroatoms. The number of amides is 2. The summed E-state index contributed by atoms with van der Waals surface area (Å²) in [5, 5.41) is 10.8. The van der Waals surface area contributed by atoms with Crippen molar-refractivity contribution in [2.24, 2.45) is 0 Å². The smallest absolute Gasteiger partial charge is 0.322 e. The zero-order valence-electron chi connectivity index (χ0n) is 13.4. The average molecular weight is 320 g/mol. The second-order valence-corrected chi connectivity index (χ2v) is 5.96. The number of fused-ring (bicyclic) bond motifs is 1. The number of hydrogen-bond donors (Lipinski definition) is 2. The number of hydrogen-bond acceptors (Lipinski definition) is 4. The zero-order valence-corrected chi connectivity index (χ0v) is 13.4. The Morgan fingerprint density at radius 2 is 2.04 bits per heavy atom. The van der Waals surface area contributed by atoms with Crippen LogP contribution in [0, 0.1) is 6.92 Å². The summed E-state index contributed by atoms with van der Waals surface area (Å²) in [6.45, 7) is 4.98. The summed E-state index contributed by atoms with van der Waals surface area (Å²) >= 11 is 0. The third-order valence-corrected chi connectivity index (χ3v) is 3.53. The van der Waals surface area contributed by atoms with Crippen LogP contribution in [0.2, 0.25) is 0 Å². The van der Waals surface area contributed by atoms with Crippen LogP contribution in [0.25, 0.3) is 0 Å². The molecule has 2 rings (SSSR count). The van der Waals surface area contributed by atoms with Gasteiger partial charge in [0.05, 0.1) is 5.69 Å². The Hall–Kier alpha value is -2.57. The van der Waals surface area contributed by atoms with E-state index in [0.29, 0.717) is 11.4 Å². The van der Waals surface area contributed by atoms with Crippen LogP contribution in [0.3, 0.4) is 0 Å². The minimum atomic E-state index is -1.11. The quantitative estimate of drug-likeness (QED) is 0.846. The third kappa shape index (κ3) is 3.80. The van der Waals surface area contributed by atoms with Gasteiger partial charge in [-0.2, -0.15) is 0 Å². The molecule has 2 amide bonds. The lowest BCUT2D eigenvalue weighted by Crippen LogP contribution is -2.53. The maximum absolute atomic E-state index is 12.6. The molecule has 1 aliphatic rings. The Bertz CT molecular complexity index is 654. The van der Waals surface area contributed by atoms with Gasteiger partial charge in [0.2, 0.25) is 5.91 Å². The second kappa shape index (κ2) is 6.28. The molecule has 124 valence electrons. The Labute approximate surface area is 134 Å². The Morgan fingerprint density at radius 3 is 2.70 bits per heavy atom. The molecule has 0 aromatic heterocycles. The highest BCUT2D eigenvalue weighted by Gasteiger charge is 2.40. The predicted octanol–water partition coefficient (Wildman–Crippen LogP) is 1.09. The summed E-state index contributed by atoms with van der Waals surface area (Å²) < 4.78 is 5.73. The molecule has 0 saturated carbocycles. The van der Waals surface area contributed by atoms with E-state index >= 15 is 0 Å². The Balaban J connectivity index is 2.16. The number of carboxylic acids is 1. The Morgan fingerprint density at radius 1 is 1.35 bits per heavy atom. The first kappa shape index (κ1) is 16.8. The van der Waals surface area contributed by atoms with Crippen molar-refractivity contribution in [3.8, 4) is 5.75 Å². The van der Waals surface area contributed by atoms with Crippen LogP contribution in [-0.4, -0.2) is 41.6 Å². The fraction of sp³-hybridized carbons (Fsp3) is 0.438. The van der Waals surface area contributed by atoms with Crippen molar-refractivity contribution in [1.29, 1.82) is 0 Å². The molecule has 1 heterocycles. The number of carbonyl (C=O) groups excluding carboxylic acids is 2. The molecular weight excluding hydrogens is 300 g/mol. The number of ether oxygens (including phenoxy) is 1. The van der Waals surface area contributed by atoms with E-state index in [2.05, 4.69) is 5.32 Å². The molecule has 0 spiro atoms. The van der Waals surface area contributed by atoms with E-state index < -0.39 is 24.0 Å². The molecule has 0 unspecified atom stereocenters. The lowest BCUT2D eigenvalue weighted by Gasteiger charge is -2.38. The molecule has 1 aliphatic heterocycles. The van der Waals surface area contributed by atoms with Gasteiger partial charge in [0.25, 0.3) is 5.91 Å². The van der Waals surface area contributed by atoms with E-state index in [-0.39, 0.29) is 18.9 Å². The van der Waals surface area contributed by atoms with Gasteiger partial charge in [0.15, 0.2) is 5.60 Å². The van der Waals surface area contributed by atoms with Crippen molar-refractivity contribution < 1.29 is 24.2 Å². The minimum Gasteiger partial charge on any atom is -0.480 e. The van der Waals surface area contributed by atoms with E-state index in [9.17, 15) is 14.4 Å². The van der Waals surface area contributed by atoms with Crippen molar-refractivity contribution in [3.05, 3.63) is 23.8 Å². The number of carbonyl (C=O) groups is 3. The molecule has 7 nitrogen and oxygen atoms in total. The van der Waals surface area contributed by atoms with Gasteiger partial charge in [0.1, 0.15) is 12.3 Å². The van der Waals surface area contributed by atoms with Gasteiger partial charge in [0, 0.05) is 13.0 Å². The van der Waals surface area contributed by atoms with Crippen molar-refractivity contribution >= 4 is 23.5 Å². The van der Waals surface area contributed by atoms with Gasteiger partial charge in [-0.3, -0.25) is 14.4 Å². The van der Waals surface area contributed by atoms with Crippen LogP contribution in [0.1, 0.15) is 25.8 Å². The number of benzene rings is 1. The highest BCUT2D eigenvalue weighted by atomic mass is 16.5. The van der Waals surface area contributed by atoms with Gasteiger partial charge >= 0.3 is 5.97 Å². The fourth-order valence-corrected chi connectivity index (χ4v) is 2.38. The van der Waals surface area contributed by atoms with E-state index in [0.717, 1.165) is 5.56 Å². The summed E-state index contributed by atoms with van der Waals surface area (Å²) in [4.78, 5) is 36.2. The minimum absolute atomic E-state index is 0.0164. The molecule has 0 atom stereocenters. The SMILES string of the molecule is Cc1ccc2c(c1)N(CCC(=O)NCC(=O)O)C(=O)C(C)(C)O2. The highest BCUT2D eigenvalue weighted by molar-refractivity contribution is 6.02. The van der Waals surface area contributed by atoms with Gasteiger partial charge < -0.3 is 20.1 Å². The van der Waals surface area contributed by atoms with Crippen LogP contribution < -0.4 is 15.0 Å². The highest BCUT2D eigenvalue weighted by Crippen LogP contribution is 2.38. The molecule has 0 radical (unpaired) electrons. The summed E-state index contributed by atoms with van der Waals surface area (Å²) in [6.07, 6.45) is 0.0164. The lowest BCUT2D eigenvalue weighted by atomic mass is 10.0. The van der Waals surface area contributed by atoms with Crippen LogP contribution in [0.5, 0.6) is 5.75 Å². The molecule has 0 fully saturated rings. The van der Waals surface area contributed by atoms with E-state index in [1.54, 1.807) is 19.9 Å². The largest absolute Gasteiger partial charge is 0.480 e. The summed E-state index contributed by atoms with van der Waals surface area (Å²) in [6, 6.07) is 5.52. The number of anilines is 1. The first-order valence-electron chi connectivity index (χ1n) is 7.31. The van der Waals surface area contributed by atoms with Gasteiger partial charge in [-0.15, -0.1) is 0 Å². The van der Waals surface area contributed by atoms with Gasteiger partial charge in [-0.25, -0.2) is 0 Å². The summed E-state index contributed by atoms with van der Waals surface area (Å²) in [5.74, 6) is -1.17. The summed E-state index contributed by atoms with van der Waals surface area (Å²) in [7, 11) is 0. The standard InChI is InChI=1S/C16H20N2O5/c1-10-4-5-12-11(8-10)18(15(22)16(2,3)23-12)7-6-13(19)17-9-14(20)21/h4-5,8H,6-7,9H2,1-3H3,(H,17,19)(H,20,21). The van der Waals surface area contributed by atoms with Crippen molar-refractivity contribution in [1.82, 2.24) is 5.32 Å². The zero-order chi connectivity index (χ0) is 17.2. The number of nitrogens with zero attached hydrogens (tertiary/aromatic N) is 1. The summed E-state index contributed by atoms with van der Waals surface area (Å²) in [5.41, 5.74) is 0.584. The van der Waals surface area contributed by atoms with Crippen LogP contribution in [0.15, 0.2) is 18.2 Å². The number of aliphatic carboxylic acids is 1. The second-order valence-electron chi connectivity index (χ2n) is 5.96. The van der Waals surface area contributed by atoms with E-state index in [1.165, 1.54) is 4.90 Å². The first-order valence-corrected chi connectivity index (χ1v) is 7.31. The molecule has 0 aliphatic carbocycles. The number of nitrogens with one attached hydrogen (secondary N) is 1. The average Bonchev–Trinajstić information content (AvgIpc) is 2.46. The monoisotopic (exact) mass is 320 g/mol. The van der Waals surface area contributed by atoms with Crippen molar-refractivity contribution in [3.63, 3.8) is 0 Å². The van der Waals surface area contributed by atoms with E-state index in [1.807, 2.05) is 19.1 Å². The molecule has 1 aromatic rings. The lowest BCUT2D eigenvalue weighted by molar-refractivity contribution is -0.138. The third-order valence-electron chi connectivity index (χ3n) is 3.53. The molecule has 2 N–H and O–H groups in total. The van der Waals surface area contributed by atoms with Gasteiger partial charge in [-0.05, 0) is 38.5 Å². The molecule has 0 saturated heterocycles. The fourth-order valence-electron chi connectivity index (χ4n) is 2.38. The predicted molar refractivity (Wildman–Crippen MR) is 83.5 cm³/mol. The maximum Gasteiger partial charge on any atom is 0.322 e. The first-order chi connectivity index (χ1) is 10.7. The van der Waals surface area contributed by atoms with Crippen molar-refractivity contribution in [2.75, 3.05) is 18.0 Å². The van der Waals surface area contributed by atoms with Crippen LogP contribution in [-0.2, 0) is 14.4 Å². The number of rotatable bonds is 5. The van der Waals surface area contributed by atoms with E-state index in [4.69, 9.17) is 9.84 Å². The van der Waals surface area contributed by atoms with Crippen LogP contribution in [0.4, 0.5) is 5.69 Å². The topological polar surface area (TPSA) is 95.9 Å². The maximum atomic E-state index is 12.6. The normalized spacial score (nSPS) is 15.6. The molecule has 0 bridgehead atoms. The molecule has 1 aromatic carbocycles. The number of aryl methyl sites for hydroxylation is 1. The molecular formula is C16H20N2O5. The molecule has 23 heavy (non-hydrogen) atoms. The van der Waals surface area contributed by atoms with Gasteiger partial charge in [-0.1, -0.05) is 6.07 Å². The van der Waals surface area contributed by atoms with Crippen molar-refractivity contribution in [2.45, 2.75) is 32.8 Å². The number of carboxylic acid groups (broad SMARTS) is 1.